The first-order chi connectivity index (χ1) is 18.3. The molecule has 2 N–H and O–H groups in total. The predicted molar refractivity (Wildman–Crippen MR) is 150 cm³/mol. The SMILES string of the molecule is COc1ccc2[nH]cc(CCN3C(=O)C(=O)C(=C(O)c4ccc(Cl)cc4)[C@H]3c3ccc(C(C)C)cc3)c2c1. The van der Waals surface area contributed by atoms with Gasteiger partial charge in [0.05, 0.1) is 18.7 Å². The van der Waals surface area contributed by atoms with Crippen LogP contribution in [0.4, 0.5) is 0 Å². The third-order valence-electron chi connectivity index (χ3n) is 7.17. The summed E-state index contributed by atoms with van der Waals surface area (Å²) >= 11 is 6.03. The summed E-state index contributed by atoms with van der Waals surface area (Å²) in [5.41, 5.74) is 4.40. The third-order valence-corrected chi connectivity index (χ3v) is 7.43. The molecule has 7 heteroatoms. The molecule has 1 aliphatic rings. The number of aliphatic hydroxyl groups excluding tert-OH is 1. The fourth-order valence-electron chi connectivity index (χ4n) is 5.02. The molecule has 1 amide bonds. The van der Waals surface area contributed by atoms with Gasteiger partial charge < -0.3 is 19.7 Å². The Kier molecular flexibility index (Phi) is 7.00. The summed E-state index contributed by atoms with van der Waals surface area (Å²) in [4.78, 5) is 31.6. The summed E-state index contributed by atoms with van der Waals surface area (Å²) in [5, 5.41) is 12.8. The predicted octanol–water partition coefficient (Wildman–Crippen LogP) is 6.62. The van der Waals surface area contributed by atoms with Gasteiger partial charge in [0.1, 0.15) is 11.5 Å². The van der Waals surface area contributed by atoms with E-state index < -0.39 is 17.7 Å². The summed E-state index contributed by atoms with van der Waals surface area (Å²) in [7, 11) is 1.62. The number of halogens is 1. The number of likely N-dealkylation sites (tertiary alicyclic amines) is 1. The van der Waals surface area contributed by atoms with Crippen molar-refractivity contribution < 1.29 is 19.4 Å². The van der Waals surface area contributed by atoms with Gasteiger partial charge in [0.15, 0.2) is 0 Å². The Morgan fingerprint density at radius 1 is 1.05 bits per heavy atom. The van der Waals surface area contributed by atoms with E-state index in [0.717, 1.165) is 33.3 Å². The number of amides is 1. The Morgan fingerprint density at radius 3 is 2.42 bits per heavy atom. The highest BCUT2D eigenvalue weighted by Crippen LogP contribution is 2.40. The zero-order chi connectivity index (χ0) is 27.0. The van der Waals surface area contributed by atoms with Crippen LogP contribution < -0.4 is 4.74 Å². The van der Waals surface area contributed by atoms with Crippen LogP contribution in [0.2, 0.25) is 5.02 Å². The molecule has 0 unspecified atom stereocenters. The first-order valence-corrected chi connectivity index (χ1v) is 12.9. The lowest BCUT2D eigenvalue weighted by Crippen LogP contribution is -2.31. The average molecular weight is 529 g/mol. The number of H-pyrrole nitrogens is 1. The molecule has 6 nitrogen and oxygen atoms in total. The van der Waals surface area contributed by atoms with Crippen molar-refractivity contribution in [3.05, 3.63) is 106 Å². The van der Waals surface area contributed by atoms with Gasteiger partial charge >= 0.3 is 0 Å². The van der Waals surface area contributed by atoms with E-state index in [4.69, 9.17) is 16.3 Å². The number of ketones is 1. The Hall–Kier alpha value is -4.03. The summed E-state index contributed by atoms with van der Waals surface area (Å²) in [6, 6.07) is 19.5. The molecule has 5 rings (SSSR count). The molecule has 1 aromatic heterocycles. The fourth-order valence-corrected chi connectivity index (χ4v) is 5.14. The van der Waals surface area contributed by atoms with Gasteiger partial charge in [-0.1, -0.05) is 49.7 Å². The second-order valence-electron chi connectivity index (χ2n) is 9.80. The highest BCUT2D eigenvalue weighted by Gasteiger charge is 2.45. The number of hydrogen-bond acceptors (Lipinski definition) is 4. The van der Waals surface area contributed by atoms with Crippen molar-refractivity contribution in [3.8, 4) is 5.75 Å². The lowest BCUT2D eigenvalue weighted by molar-refractivity contribution is -0.139. The van der Waals surface area contributed by atoms with E-state index in [1.54, 1.807) is 36.3 Å². The summed E-state index contributed by atoms with van der Waals surface area (Å²) < 4.78 is 5.38. The maximum absolute atomic E-state index is 13.4. The van der Waals surface area contributed by atoms with Crippen LogP contribution in [0.25, 0.3) is 16.7 Å². The van der Waals surface area contributed by atoms with E-state index in [-0.39, 0.29) is 11.3 Å². The molecule has 1 saturated heterocycles. The monoisotopic (exact) mass is 528 g/mol. The van der Waals surface area contributed by atoms with Crippen molar-refractivity contribution in [2.24, 2.45) is 0 Å². The van der Waals surface area contributed by atoms with Gasteiger partial charge in [0.25, 0.3) is 11.7 Å². The second kappa shape index (κ2) is 10.4. The number of fused-ring (bicyclic) bond motifs is 1. The van der Waals surface area contributed by atoms with E-state index in [9.17, 15) is 14.7 Å². The van der Waals surface area contributed by atoms with Crippen molar-refractivity contribution >= 4 is 40.0 Å². The Labute approximate surface area is 226 Å². The zero-order valence-corrected chi connectivity index (χ0v) is 22.3. The molecular weight excluding hydrogens is 500 g/mol. The lowest BCUT2D eigenvalue weighted by Gasteiger charge is -2.25. The minimum Gasteiger partial charge on any atom is -0.507 e. The van der Waals surface area contributed by atoms with Gasteiger partial charge in [-0.2, -0.15) is 0 Å². The molecule has 3 aromatic carbocycles. The van der Waals surface area contributed by atoms with Crippen LogP contribution >= 0.6 is 11.6 Å². The number of hydrogen-bond donors (Lipinski definition) is 2. The van der Waals surface area contributed by atoms with Gasteiger partial charge in [0, 0.05) is 34.2 Å². The zero-order valence-electron chi connectivity index (χ0n) is 21.5. The van der Waals surface area contributed by atoms with Crippen molar-refractivity contribution in [2.45, 2.75) is 32.2 Å². The van der Waals surface area contributed by atoms with Crippen molar-refractivity contribution in [1.29, 1.82) is 0 Å². The highest BCUT2D eigenvalue weighted by atomic mass is 35.5. The number of carbonyl (C=O) groups excluding carboxylic acids is 2. The molecule has 0 radical (unpaired) electrons. The molecule has 38 heavy (non-hydrogen) atoms. The molecule has 1 atom stereocenters. The molecule has 0 aliphatic carbocycles. The normalized spacial score (nSPS) is 17.1. The Morgan fingerprint density at radius 2 is 1.76 bits per heavy atom. The maximum atomic E-state index is 13.4. The molecule has 1 aliphatic heterocycles. The van der Waals surface area contributed by atoms with Gasteiger partial charge in [-0.15, -0.1) is 0 Å². The Balaban J connectivity index is 1.55. The van der Waals surface area contributed by atoms with Crippen molar-refractivity contribution in [1.82, 2.24) is 9.88 Å². The van der Waals surface area contributed by atoms with Gasteiger partial charge in [-0.3, -0.25) is 9.59 Å². The quantitative estimate of drug-likeness (QED) is 0.160. The van der Waals surface area contributed by atoms with Gasteiger partial charge in [-0.05, 0) is 71.5 Å². The third kappa shape index (κ3) is 4.68. The smallest absolute Gasteiger partial charge is 0.295 e. The lowest BCUT2D eigenvalue weighted by atomic mass is 9.93. The fraction of sp³-hybridized carbons (Fsp3) is 0.226. The number of aromatic amines is 1. The molecule has 0 bridgehead atoms. The van der Waals surface area contributed by atoms with Gasteiger partial charge in [-0.25, -0.2) is 0 Å². The first kappa shape index (κ1) is 25.6. The number of nitrogens with one attached hydrogen (secondary N) is 1. The highest BCUT2D eigenvalue weighted by molar-refractivity contribution is 6.46. The Bertz CT molecular complexity index is 1530. The van der Waals surface area contributed by atoms with Gasteiger partial charge in [0.2, 0.25) is 0 Å². The maximum Gasteiger partial charge on any atom is 0.295 e. The topological polar surface area (TPSA) is 82.6 Å². The molecule has 194 valence electrons. The largest absolute Gasteiger partial charge is 0.507 e. The van der Waals surface area contributed by atoms with Crippen molar-refractivity contribution in [2.75, 3.05) is 13.7 Å². The van der Waals surface area contributed by atoms with Crippen LogP contribution in [0.1, 0.15) is 48.1 Å². The number of ether oxygens (including phenoxy) is 1. The minimum absolute atomic E-state index is 0.0789. The minimum atomic E-state index is -0.716. The number of carbonyl (C=O) groups is 2. The second-order valence-corrected chi connectivity index (χ2v) is 10.2. The van der Waals surface area contributed by atoms with E-state index in [1.165, 1.54) is 0 Å². The van der Waals surface area contributed by atoms with Crippen LogP contribution in [-0.2, 0) is 16.0 Å². The van der Waals surface area contributed by atoms with Crippen LogP contribution in [0.15, 0.2) is 78.5 Å². The number of Topliss-reactive ketones (excluding diaryl/α,β-unsaturated/α-hetero) is 1. The molecule has 1 fully saturated rings. The average Bonchev–Trinajstić information content (AvgIpc) is 3.44. The van der Waals surface area contributed by atoms with Crippen LogP contribution in [-0.4, -0.2) is 40.3 Å². The summed E-state index contributed by atoms with van der Waals surface area (Å²) in [6.45, 7) is 4.51. The molecule has 0 spiro atoms. The van der Waals surface area contributed by atoms with Crippen LogP contribution in [0, 0.1) is 0 Å². The van der Waals surface area contributed by atoms with E-state index in [2.05, 4.69) is 18.8 Å². The molecule has 0 saturated carbocycles. The van der Waals surface area contributed by atoms with Crippen molar-refractivity contribution in [3.63, 3.8) is 0 Å². The first-order valence-electron chi connectivity index (χ1n) is 12.6. The number of aliphatic hydroxyl groups is 1. The van der Waals surface area contributed by atoms with E-state index in [1.807, 2.05) is 48.7 Å². The standard InChI is InChI=1S/C31H29ClN2O4/c1-18(2)19-4-6-20(7-5-19)28-27(29(35)21-8-10-23(32)11-9-21)30(36)31(37)34(28)15-14-22-17-33-26-13-12-24(38-3)16-25(22)26/h4-13,16-18,28,33,35H,14-15H2,1-3H3/t28-/m1/s1. The van der Waals surface area contributed by atoms with Crippen LogP contribution in [0.5, 0.6) is 5.75 Å². The van der Waals surface area contributed by atoms with E-state index in [0.29, 0.717) is 29.5 Å². The number of methoxy groups -OCH3 is 1. The number of rotatable bonds is 7. The number of nitrogens with zero attached hydrogens (tertiary/aromatic N) is 1. The number of benzene rings is 3. The molecular formula is C31H29ClN2O4. The number of aromatic nitrogens is 1. The molecule has 2 heterocycles. The summed E-state index contributed by atoms with van der Waals surface area (Å²) in [6.07, 6.45) is 2.43. The van der Waals surface area contributed by atoms with Crippen LogP contribution in [0.3, 0.4) is 0 Å². The van der Waals surface area contributed by atoms with E-state index >= 15 is 0 Å². The molecule has 4 aromatic rings. The summed E-state index contributed by atoms with van der Waals surface area (Å²) in [5.74, 6) is -0.459.